The third-order valence-corrected chi connectivity index (χ3v) is 3.31. The molecule has 0 saturated carbocycles. The van der Waals surface area contributed by atoms with Gasteiger partial charge in [0.2, 0.25) is 0 Å². The largest absolute Gasteiger partial charge is 0.225 e. The lowest BCUT2D eigenvalue weighted by atomic mass is 10.00. The molecule has 0 nitrogen and oxygen atoms in total. The van der Waals surface area contributed by atoms with Crippen LogP contribution in [0.15, 0.2) is 6.07 Å². The fourth-order valence-electron chi connectivity index (χ4n) is 1.31. The van der Waals surface area contributed by atoms with Gasteiger partial charge in [-0.1, -0.05) is 0 Å². The van der Waals surface area contributed by atoms with E-state index in [0.29, 0.717) is 0 Å². The van der Waals surface area contributed by atoms with Crippen molar-refractivity contribution in [1.29, 1.82) is 0 Å². The van der Waals surface area contributed by atoms with Crippen molar-refractivity contribution in [2.24, 2.45) is 0 Å². The molecule has 0 fully saturated rings. The van der Waals surface area contributed by atoms with Crippen molar-refractivity contribution in [3.63, 3.8) is 0 Å². The van der Waals surface area contributed by atoms with Crippen LogP contribution in [0.5, 0.6) is 0 Å². The topological polar surface area (TPSA) is 0 Å². The molecule has 0 spiro atoms. The summed E-state index contributed by atoms with van der Waals surface area (Å²) in [5, 5.41) is 0.857. The minimum atomic E-state index is -0.582. The van der Waals surface area contributed by atoms with Crippen molar-refractivity contribution in [3.05, 3.63) is 28.3 Å². The molecule has 1 unspecified atom stereocenters. The third-order valence-electron chi connectivity index (χ3n) is 2.58. The molecule has 0 radical (unpaired) electrons. The smallest absolute Gasteiger partial charge is 0.0987 e. The molecule has 0 heterocycles. The van der Waals surface area contributed by atoms with Gasteiger partial charge in [-0.3, -0.25) is 0 Å². The van der Waals surface area contributed by atoms with Crippen molar-refractivity contribution in [2.45, 2.75) is 27.7 Å². The first-order valence-corrected chi connectivity index (χ1v) is 4.89. The van der Waals surface area contributed by atoms with Crippen LogP contribution in [0, 0.1) is 27.7 Å². The van der Waals surface area contributed by atoms with Crippen LogP contribution in [0.2, 0.25) is 0 Å². The number of benzene rings is 1. The van der Waals surface area contributed by atoms with Crippen LogP contribution < -0.4 is 5.30 Å². The van der Waals surface area contributed by atoms with Gasteiger partial charge >= 0.3 is 0 Å². The SMILES string of the molecule is Cc1cc(PF)c(C)c(C)c1C. The van der Waals surface area contributed by atoms with Crippen LogP contribution in [0.1, 0.15) is 22.3 Å². The van der Waals surface area contributed by atoms with E-state index in [-0.39, 0.29) is 0 Å². The van der Waals surface area contributed by atoms with Crippen LogP contribution in [0.25, 0.3) is 0 Å². The average Bonchev–Trinajstić information content (AvgIpc) is 2.08. The maximum atomic E-state index is 12.5. The van der Waals surface area contributed by atoms with E-state index in [2.05, 4.69) is 13.8 Å². The van der Waals surface area contributed by atoms with E-state index in [1.54, 1.807) is 0 Å². The Kier molecular flexibility index (Phi) is 2.85. The van der Waals surface area contributed by atoms with Gasteiger partial charge in [-0.25, -0.2) is 4.20 Å². The minimum absolute atomic E-state index is 0.582. The Balaban J connectivity index is 3.39. The van der Waals surface area contributed by atoms with E-state index in [4.69, 9.17) is 0 Å². The Morgan fingerprint density at radius 1 is 1.00 bits per heavy atom. The zero-order chi connectivity index (χ0) is 9.30. The molecule has 0 aliphatic rings. The van der Waals surface area contributed by atoms with Gasteiger partial charge in [-0.2, -0.15) is 0 Å². The first-order chi connectivity index (χ1) is 5.57. The molecular weight excluding hydrogens is 170 g/mol. The first kappa shape index (κ1) is 9.67. The lowest BCUT2D eigenvalue weighted by molar-refractivity contribution is 0.928. The summed E-state index contributed by atoms with van der Waals surface area (Å²) in [6.07, 6.45) is 0. The molecule has 2 heteroatoms. The van der Waals surface area contributed by atoms with E-state index >= 15 is 0 Å². The molecule has 1 rings (SSSR count). The molecule has 1 aromatic carbocycles. The van der Waals surface area contributed by atoms with Crippen molar-refractivity contribution >= 4 is 14.2 Å². The van der Waals surface area contributed by atoms with Crippen LogP contribution in [-0.4, -0.2) is 0 Å². The van der Waals surface area contributed by atoms with E-state index in [9.17, 15) is 4.20 Å². The molecule has 0 aromatic heterocycles. The van der Waals surface area contributed by atoms with E-state index in [1.165, 1.54) is 16.7 Å². The second-order valence-corrected chi connectivity index (χ2v) is 3.94. The fraction of sp³-hybridized carbons (Fsp3) is 0.400. The van der Waals surface area contributed by atoms with Crippen molar-refractivity contribution in [1.82, 2.24) is 0 Å². The lowest BCUT2D eigenvalue weighted by Gasteiger charge is -2.11. The zero-order valence-corrected chi connectivity index (χ0v) is 8.96. The highest BCUT2D eigenvalue weighted by Crippen LogP contribution is 2.21. The normalized spacial score (nSPS) is 11.4. The Labute approximate surface area is 75.1 Å². The highest BCUT2D eigenvalue weighted by Gasteiger charge is 2.06. The quantitative estimate of drug-likeness (QED) is 0.588. The van der Waals surface area contributed by atoms with Crippen LogP contribution in [-0.2, 0) is 0 Å². The minimum Gasteiger partial charge on any atom is -0.225 e. The maximum absolute atomic E-state index is 12.5. The molecule has 12 heavy (non-hydrogen) atoms. The molecule has 1 aromatic rings. The monoisotopic (exact) mass is 184 g/mol. The van der Waals surface area contributed by atoms with E-state index in [0.717, 1.165) is 10.9 Å². The number of aryl methyl sites for hydroxylation is 1. The first-order valence-electron chi connectivity index (χ1n) is 4.02. The number of halogens is 1. The van der Waals surface area contributed by atoms with Crippen LogP contribution in [0.3, 0.4) is 0 Å². The van der Waals surface area contributed by atoms with Gasteiger partial charge in [-0.15, -0.1) is 0 Å². The maximum Gasteiger partial charge on any atom is 0.0987 e. The highest BCUT2D eigenvalue weighted by molar-refractivity contribution is 7.41. The average molecular weight is 184 g/mol. The van der Waals surface area contributed by atoms with Gasteiger partial charge in [0.1, 0.15) is 0 Å². The molecule has 0 N–H and O–H groups in total. The molecule has 1 atom stereocenters. The predicted octanol–water partition coefficient (Wildman–Crippen LogP) is 3.11. The van der Waals surface area contributed by atoms with Crippen LogP contribution in [0.4, 0.5) is 4.20 Å². The van der Waals surface area contributed by atoms with Gasteiger partial charge in [0.05, 0.1) is 8.89 Å². The van der Waals surface area contributed by atoms with Crippen molar-refractivity contribution in [3.8, 4) is 0 Å². The second kappa shape index (κ2) is 3.53. The van der Waals surface area contributed by atoms with Gasteiger partial charge < -0.3 is 0 Å². The molecule has 0 aliphatic heterocycles. The molecule has 0 aliphatic carbocycles. The third kappa shape index (κ3) is 1.51. The lowest BCUT2D eigenvalue weighted by Crippen LogP contribution is -2.05. The summed E-state index contributed by atoms with van der Waals surface area (Å²) >= 11 is 0. The van der Waals surface area contributed by atoms with Crippen molar-refractivity contribution < 1.29 is 4.20 Å². The van der Waals surface area contributed by atoms with E-state index < -0.39 is 8.89 Å². The fourth-order valence-corrected chi connectivity index (χ4v) is 1.91. The molecule has 66 valence electrons. The summed E-state index contributed by atoms with van der Waals surface area (Å²) in [4.78, 5) is 0. The number of hydrogen-bond donors (Lipinski definition) is 0. The Bertz CT molecular complexity index is 305. The summed E-state index contributed by atoms with van der Waals surface area (Å²) in [6, 6.07) is 1.95. The number of rotatable bonds is 1. The van der Waals surface area contributed by atoms with E-state index in [1.807, 2.05) is 19.9 Å². The van der Waals surface area contributed by atoms with Crippen LogP contribution >= 0.6 is 8.89 Å². The summed E-state index contributed by atoms with van der Waals surface area (Å²) < 4.78 is 12.5. The van der Waals surface area contributed by atoms with Gasteiger partial charge in [0.15, 0.2) is 0 Å². The zero-order valence-electron chi connectivity index (χ0n) is 7.96. The summed E-state index contributed by atoms with van der Waals surface area (Å²) in [7, 11) is -0.582. The summed E-state index contributed by atoms with van der Waals surface area (Å²) in [5.74, 6) is 0. The highest BCUT2D eigenvalue weighted by atomic mass is 31.1. The van der Waals surface area contributed by atoms with Gasteiger partial charge in [0.25, 0.3) is 0 Å². The Morgan fingerprint density at radius 2 is 1.58 bits per heavy atom. The number of hydrogen-bond acceptors (Lipinski definition) is 0. The van der Waals surface area contributed by atoms with Gasteiger partial charge in [0, 0.05) is 5.30 Å². The predicted molar refractivity (Wildman–Crippen MR) is 54.4 cm³/mol. The standard InChI is InChI=1S/C10H14FP/c1-6-5-10(12-11)9(4)8(3)7(6)2/h5,12H,1-4H3. The Morgan fingerprint density at radius 3 is 2.08 bits per heavy atom. The molecule has 0 bridgehead atoms. The van der Waals surface area contributed by atoms with Gasteiger partial charge in [-0.05, 0) is 56.0 Å². The molecule has 0 saturated heterocycles. The molecular formula is C10H14FP. The summed E-state index contributed by atoms with van der Waals surface area (Å²) in [5.41, 5.74) is 4.82. The summed E-state index contributed by atoms with van der Waals surface area (Å²) in [6.45, 7) is 8.17. The Hall–Kier alpha value is -0.420. The van der Waals surface area contributed by atoms with Crippen molar-refractivity contribution in [2.75, 3.05) is 0 Å². The molecule has 0 amide bonds. The second-order valence-electron chi connectivity index (χ2n) is 3.21.